The molecule has 0 aromatic heterocycles. The van der Waals surface area contributed by atoms with Crippen LogP contribution in [0.2, 0.25) is 0 Å². The van der Waals surface area contributed by atoms with Crippen LogP contribution in [0, 0.1) is 0 Å². The van der Waals surface area contributed by atoms with Crippen LogP contribution in [-0.2, 0) is 4.74 Å². The van der Waals surface area contributed by atoms with E-state index in [0.717, 1.165) is 24.0 Å². The summed E-state index contributed by atoms with van der Waals surface area (Å²) >= 11 is 0. The van der Waals surface area contributed by atoms with E-state index in [0.29, 0.717) is 13.2 Å². The van der Waals surface area contributed by atoms with Crippen molar-refractivity contribution in [1.29, 1.82) is 0 Å². The molecule has 0 fully saturated rings. The Hall–Kier alpha value is -2.12. The van der Waals surface area contributed by atoms with E-state index in [1.54, 1.807) is 0 Å². The molecule has 0 saturated heterocycles. The molecule has 0 N–H and O–H groups in total. The summed E-state index contributed by atoms with van der Waals surface area (Å²) in [6, 6.07) is 20.5. The van der Waals surface area contributed by atoms with Gasteiger partial charge in [-0.15, -0.1) is 0 Å². The van der Waals surface area contributed by atoms with Crippen LogP contribution in [0.1, 0.15) is 24.0 Å². The van der Waals surface area contributed by atoms with Crippen molar-refractivity contribution in [2.45, 2.75) is 12.8 Å². The molecule has 0 heterocycles. The first-order chi connectivity index (χ1) is 10.3. The van der Waals surface area contributed by atoms with E-state index < -0.39 is 0 Å². The summed E-state index contributed by atoms with van der Waals surface area (Å²) in [6.45, 7) is 9.62. The van der Waals surface area contributed by atoms with Crippen molar-refractivity contribution in [2.24, 2.45) is 0 Å². The van der Waals surface area contributed by atoms with Gasteiger partial charge in [0.25, 0.3) is 0 Å². The molecule has 0 unspecified atom stereocenters. The van der Waals surface area contributed by atoms with Gasteiger partial charge in [-0.2, -0.15) is 0 Å². The number of rotatable bonds is 8. The van der Waals surface area contributed by atoms with Gasteiger partial charge in [0.15, 0.2) is 0 Å². The third kappa shape index (κ3) is 5.05. The van der Waals surface area contributed by atoms with Gasteiger partial charge in [-0.3, -0.25) is 0 Å². The highest BCUT2D eigenvalue weighted by Crippen LogP contribution is 2.17. The van der Waals surface area contributed by atoms with Crippen LogP contribution in [0.5, 0.6) is 0 Å². The zero-order chi connectivity index (χ0) is 14.9. The van der Waals surface area contributed by atoms with Gasteiger partial charge in [0.05, 0.1) is 13.2 Å². The van der Waals surface area contributed by atoms with Crippen LogP contribution < -0.4 is 0 Å². The highest BCUT2D eigenvalue weighted by Gasteiger charge is 2.00. The van der Waals surface area contributed by atoms with E-state index in [2.05, 4.69) is 37.4 Å². The lowest BCUT2D eigenvalue weighted by Crippen LogP contribution is -1.99. The Morgan fingerprint density at radius 2 is 1.05 bits per heavy atom. The fraction of sp³-hybridized carbons (Fsp3) is 0.200. The standard InChI is InChI=1S/C20H22O/c1-17(19-9-5-3-6-10-19)13-15-21-16-14-18(2)20-11-7-4-8-12-20/h3-12H,1-2,13-16H2. The molecular formula is C20H22O. The molecule has 0 atom stereocenters. The van der Waals surface area contributed by atoms with Gasteiger partial charge >= 0.3 is 0 Å². The number of benzene rings is 2. The molecule has 0 bridgehead atoms. The fourth-order valence-corrected chi connectivity index (χ4v) is 2.13. The minimum absolute atomic E-state index is 0.704. The zero-order valence-corrected chi connectivity index (χ0v) is 12.4. The molecule has 2 aromatic carbocycles. The Balaban J connectivity index is 1.64. The van der Waals surface area contributed by atoms with Gasteiger partial charge in [-0.05, 0) is 35.1 Å². The molecule has 0 aliphatic carbocycles. The van der Waals surface area contributed by atoms with Gasteiger partial charge in [-0.25, -0.2) is 0 Å². The van der Waals surface area contributed by atoms with Crippen LogP contribution in [0.15, 0.2) is 73.8 Å². The quantitative estimate of drug-likeness (QED) is 0.602. The Morgan fingerprint density at radius 1 is 0.667 bits per heavy atom. The second-order valence-corrected chi connectivity index (χ2v) is 5.05. The molecule has 0 amide bonds. The molecule has 2 rings (SSSR count). The molecule has 1 heteroatoms. The van der Waals surface area contributed by atoms with E-state index in [9.17, 15) is 0 Å². The van der Waals surface area contributed by atoms with Gasteiger partial charge in [0, 0.05) is 0 Å². The second kappa shape index (κ2) is 8.23. The maximum Gasteiger partial charge on any atom is 0.0506 e. The summed E-state index contributed by atoms with van der Waals surface area (Å²) in [5.41, 5.74) is 4.62. The van der Waals surface area contributed by atoms with Gasteiger partial charge in [0.1, 0.15) is 0 Å². The molecule has 0 spiro atoms. The van der Waals surface area contributed by atoms with E-state index in [4.69, 9.17) is 4.74 Å². The average molecular weight is 278 g/mol. The lowest BCUT2D eigenvalue weighted by molar-refractivity contribution is 0.146. The molecule has 21 heavy (non-hydrogen) atoms. The average Bonchev–Trinajstić information content (AvgIpc) is 2.55. The fourth-order valence-electron chi connectivity index (χ4n) is 2.13. The summed E-state index contributed by atoms with van der Waals surface area (Å²) in [7, 11) is 0. The summed E-state index contributed by atoms with van der Waals surface area (Å²) in [6.07, 6.45) is 1.73. The van der Waals surface area contributed by atoms with Crippen molar-refractivity contribution in [3.8, 4) is 0 Å². The summed E-state index contributed by atoms with van der Waals surface area (Å²) in [4.78, 5) is 0. The molecular weight excluding hydrogens is 256 g/mol. The lowest BCUT2D eigenvalue weighted by atomic mass is 10.1. The Morgan fingerprint density at radius 3 is 1.43 bits per heavy atom. The van der Waals surface area contributed by atoms with Gasteiger partial charge in [0.2, 0.25) is 0 Å². The zero-order valence-electron chi connectivity index (χ0n) is 12.4. The smallest absolute Gasteiger partial charge is 0.0506 e. The van der Waals surface area contributed by atoms with Crippen LogP contribution in [0.4, 0.5) is 0 Å². The van der Waals surface area contributed by atoms with Crippen molar-refractivity contribution in [3.63, 3.8) is 0 Å². The van der Waals surface area contributed by atoms with Crippen molar-refractivity contribution in [3.05, 3.63) is 84.9 Å². The molecule has 1 nitrogen and oxygen atoms in total. The van der Waals surface area contributed by atoms with Crippen LogP contribution in [0.3, 0.4) is 0 Å². The van der Waals surface area contributed by atoms with Crippen LogP contribution >= 0.6 is 0 Å². The van der Waals surface area contributed by atoms with Crippen molar-refractivity contribution in [2.75, 3.05) is 13.2 Å². The topological polar surface area (TPSA) is 9.23 Å². The summed E-state index contributed by atoms with van der Waals surface area (Å²) in [5.74, 6) is 0. The first kappa shape index (κ1) is 15.3. The summed E-state index contributed by atoms with van der Waals surface area (Å²) < 4.78 is 5.70. The van der Waals surface area contributed by atoms with Crippen LogP contribution in [-0.4, -0.2) is 13.2 Å². The van der Waals surface area contributed by atoms with E-state index >= 15 is 0 Å². The molecule has 0 aliphatic rings. The summed E-state index contributed by atoms with van der Waals surface area (Å²) in [5, 5.41) is 0. The van der Waals surface area contributed by atoms with Crippen molar-refractivity contribution in [1.82, 2.24) is 0 Å². The predicted octanol–water partition coefficient (Wildman–Crippen LogP) is 5.21. The maximum absolute atomic E-state index is 5.70. The first-order valence-corrected chi connectivity index (χ1v) is 7.31. The number of hydrogen-bond acceptors (Lipinski definition) is 1. The van der Waals surface area contributed by atoms with Gasteiger partial charge in [-0.1, -0.05) is 73.8 Å². The number of ether oxygens (including phenoxy) is 1. The molecule has 2 aromatic rings. The van der Waals surface area contributed by atoms with Crippen LogP contribution in [0.25, 0.3) is 11.1 Å². The number of hydrogen-bond donors (Lipinski definition) is 0. The SMILES string of the molecule is C=C(CCOCCC(=C)c1ccccc1)c1ccccc1. The van der Waals surface area contributed by atoms with Crippen molar-refractivity contribution < 1.29 is 4.74 Å². The molecule has 108 valence electrons. The monoisotopic (exact) mass is 278 g/mol. The molecule has 0 radical (unpaired) electrons. The Labute approximate surface area is 127 Å². The molecule has 0 aliphatic heterocycles. The maximum atomic E-state index is 5.70. The Bertz CT molecular complexity index is 516. The van der Waals surface area contributed by atoms with E-state index in [1.165, 1.54) is 11.1 Å². The normalized spacial score (nSPS) is 10.3. The predicted molar refractivity (Wildman–Crippen MR) is 91.0 cm³/mol. The highest BCUT2D eigenvalue weighted by molar-refractivity contribution is 5.63. The van der Waals surface area contributed by atoms with E-state index in [1.807, 2.05) is 36.4 Å². The minimum atomic E-state index is 0.704. The third-order valence-corrected chi connectivity index (χ3v) is 3.46. The second-order valence-electron chi connectivity index (χ2n) is 5.05. The van der Waals surface area contributed by atoms with Crippen molar-refractivity contribution >= 4 is 11.1 Å². The molecule has 0 saturated carbocycles. The van der Waals surface area contributed by atoms with E-state index in [-0.39, 0.29) is 0 Å². The van der Waals surface area contributed by atoms with Gasteiger partial charge < -0.3 is 4.74 Å². The lowest BCUT2D eigenvalue weighted by Gasteiger charge is -2.09. The minimum Gasteiger partial charge on any atom is -0.381 e. The Kier molecular flexibility index (Phi) is 5.99. The highest BCUT2D eigenvalue weighted by atomic mass is 16.5. The largest absolute Gasteiger partial charge is 0.381 e. The first-order valence-electron chi connectivity index (χ1n) is 7.31. The third-order valence-electron chi connectivity index (χ3n) is 3.46.